The van der Waals surface area contributed by atoms with Crippen molar-refractivity contribution in [1.29, 1.82) is 0 Å². The molecule has 0 saturated heterocycles. The van der Waals surface area contributed by atoms with Crippen molar-refractivity contribution in [2.45, 2.75) is 19.3 Å². The van der Waals surface area contributed by atoms with Gasteiger partial charge in [-0.25, -0.2) is 9.59 Å². The molecule has 2 aromatic rings. The van der Waals surface area contributed by atoms with Gasteiger partial charge in [0.2, 0.25) is 0 Å². The van der Waals surface area contributed by atoms with E-state index in [0.29, 0.717) is 10.6 Å². The lowest BCUT2D eigenvalue weighted by Gasteiger charge is -2.19. The number of aryl methyl sites for hydroxylation is 2. The van der Waals surface area contributed by atoms with Gasteiger partial charge in [0.1, 0.15) is 4.88 Å². The third kappa shape index (κ3) is 3.62. The average Bonchev–Trinajstić information content (AvgIpc) is 3.26. The normalized spacial score (nSPS) is 12.4. The molecule has 0 N–H and O–H groups in total. The van der Waals surface area contributed by atoms with Crippen molar-refractivity contribution in [3.05, 3.63) is 51.2 Å². The SMILES string of the molecule is COC(=O)c1ccccc1N(C)C(=O)COC(=O)c1cc2c(s1)CCC2. The second-order valence-electron chi connectivity index (χ2n) is 5.95. The Balaban J connectivity index is 1.64. The fourth-order valence-corrected chi connectivity index (χ4v) is 4.06. The van der Waals surface area contributed by atoms with Gasteiger partial charge in [-0.15, -0.1) is 11.3 Å². The monoisotopic (exact) mass is 373 g/mol. The first-order valence-corrected chi connectivity index (χ1v) is 9.05. The van der Waals surface area contributed by atoms with Gasteiger partial charge in [-0.2, -0.15) is 0 Å². The van der Waals surface area contributed by atoms with E-state index in [4.69, 9.17) is 9.47 Å². The second kappa shape index (κ2) is 7.70. The molecule has 0 saturated carbocycles. The minimum atomic E-state index is -0.537. The quantitative estimate of drug-likeness (QED) is 0.754. The third-order valence-corrected chi connectivity index (χ3v) is 5.54. The number of likely N-dealkylation sites (N-methyl/N-ethyl adjacent to an activating group) is 1. The number of rotatable bonds is 5. The molecule has 0 fully saturated rings. The fraction of sp³-hybridized carbons (Fsp3) is 0.316. The molecule has 0 radical (unpaired) electrons. The Kier molecular flexibility index (Phi) is 5.37. The van der Waals surface area contributed by atoms with Crippen LogP contribution in [0, 0.1) is 0 Å². The molecule has 0 unspecified atom stereocenters. The van der Waals surface area contributed by atoms with Crippen molar-refractivity contribution in [3.63, 3.8) is 0 Å². The van der Waals surface area contributed by atoms with Crippen LogP contribution in [-0.2, 0) is 27.1 Å². The van der Waals surface area contributed by atoms with Gasteiger partial charge >= 0.3 is 11.9 Å². The predicted octanol–water partition coefficient (Wildman–Crippen LogP) is 2.84. The molecular weight excluding hydrogens is 354 g/mol. The summed E-state index contributed by atoms with van der Waals surface area (Å²) in [5, 5.41) is 0. The molecule has 26 heavy (non-hydrogen) atoms. The number of methoxy groups -OCH3 is 1. The molecule has 1 amide bonds. The molecule has 3 rings (SSSR count). The molecule has 136 valence electrons. The number of carbonyl (C=O) groups excluding carboxylic acids is 3. The van der Waals surface area contributed by atoms with Crippen LogP contribution in [0.15, 0.2) is 30.3 Å². The number of thiophene rings is 1. The molecular formula is C19H19NO5S. The van der Waals surface area contributed by atoms with Gasteiger partial charge in [0.25, 0.3) is 5.91 Å². The maximum Gasteiger partial charge on any atom is 0.348 e. The van der Waals surface area contributed by atoms with E-state index < -0.39 is 24.5 Å². The zero-order valence-electron chi connectivity index (χ0n) is 14.6. The van der Waals surface area contributed by atoms with Gasteiger partial charge in [-0.05, 0) is 43.0 Å². The average molecular weight is 373 g/mol. The molecule has 6 nitrogen and oxygen atoms in total. The Morgan fingerprint density at radius 2 is 1.92 bits per heavy atom. The summed E-state index contributed by atoms with van der Waals surface area (Å²) in [6.45, 7) is -0.395. The van der Waals surface area contributed by atoms with E-state index in [0.717, 1.165) is 19.3 Å². The first-order chi connectivity index (χ1) is 12.5. The molecule has 7 heteroatoms. The summed E-state index contributed by atoms with van der Waals surface area (Å²) in [6.07, 6.45) is 3.11. The number of esters is 2. The first-order valence-electron chi connectivity index (χ1n) is 8.24. The van der Waals surface area contributed by atoms with Crippen LogP contribution in [0.5, 0.6) is 0 Å². The summed E-state index contributed by atoms with van der Waals surface area (Å²) in [5.41, 5.74) is 1.87. The van der Waals surface area contributed by atoms with Gasteiger partial charge in [-0.3, -0.25) is 4.79 Å². The molecule has 1 heterocycles. The molecule has 1 aromatic heterocycles. The van der Waals surface area contributed by atoms with Gasteiger partial charge < -0.3 is 14.4 Å². The zero-order chi connectivity index (χ0) is 18.7. The topological polar surface area (TPSA) is 72.9 Å². The number of anilines is 1. The highest BCUT2D eigenvalue weighted by Gasteiger charge is 2.22. The Morgan fingerprint density at radius 3 is 2.65 bits per heavy atom. The van der Waals surface area contributed by atoms with E-state index >= 15 is 0 Å². The van der Waals surface area contributed by atoms with Gasteiger partial charge in [0.05, 0.1) is 18.4 Å². The molecule has 0 aliphatic heterocycles. The summed E-state index contributed by atoms with van der Waals surface area (Å²) < 4.78 is 9.89. The Labute approximate surface area is 155 Å². The summed E-state index contributed by atoms with van der Waals surface area (Å²) >= 11 is 1.44. The van der Waals surface area contributed by atoms with E-state index in [9.17, 15) is 14.4 Å². The van der Waals surface area contributed by atoms with Gasteiger partial charge in [-0.1, -0.05) is 12.1 Å². The van der Waals surface area contributed by atoms with E-state index in [1.807, 2.05) is 6.07 Å². The molecule has 1 aromatic carbocycles. The first kappa shape index (κ1) is 18.1. The predicted molar refractivity (Wildman–Crippen MR) is 97.8 cm³/mol. The van der Waals surface area contributed by atoms with Crippen LogP contribution < -0.4 is 4.90 Å². The maximum absolute atomic E-state index is 12.4. The molecule has 0 bridgehead atoms. The Morgan fingerprint density at radius 1 is 1.15 bits per heavy atom. The smallest absolute Gasteiger partial charge is 0.348 e. The lowest BCUT2D eigenvalue weighted by Crippen LogP contribution is -2.32. The van der Waals surface area contributed by atoms with Gasteiger partial charge in [0.15, 0.2) is 6.61 Å². The number of amides is 1. The molecule has 1 aliphatic carbocycles. The largest absolute Gasteiger partial charge is 0.465 e. The third-order valence-electron chi connectivity index (χ3n) is 4.32. The van der Waals surface area contributed by atoms with Crippen LogP contribution in [0.3, 0.4) is 0 Å². The van der Waals surface area contributed by atoms with Crippen LogP contribution in [0.1, 0.15) is 36.9 Å². The Bertz CT molecular complexity index is 836. The number of carbonyl (C=O) groups is 3. The van der Waals surface area contributed by atoms with Crippen molar-refractivity contribution in [1.82, 2.24) is 0 Å². The van der Waals surface area contributed by atoms with Crippen LogP contribution in [0.4, 0.5) is 5.69 Å². The maximum atomic E-state index is 12.4. The van der Waals surface area contributed by atoms with Crippen LogP contribution >= 0.6 is 11.3 Å². The standard InChI is InChI=1S/C19H19NO5S/c1-20(14-8-4-3-7-13(14)18(22)24-2)17(21)11-25-19(23)16-10-12-6-5-9-15(12)26-16/h3-4,7-8,10H,5-6,9,11H2,1-2H3. The number of para-hydroxylation sites is 1. The minimum absolute atomic E-state index is 0.270. The van der Waals surface area contributed by atoms with Crippen LogP contribution in [-0.4, -0.2) is 38.6 Å². The molecule has 1 aliphatic rings. The summed E-state index contributed by atoms with van der Waals surface area (Å²) in [4.78, 5) is 39.4. The summed E-state index contributed by atoms with van der Waals surface area (Å²) in [6, 6.07) is 8.46. The van der Waals surface area contributed by atoms with E-state index in [1.54, 1.807) is 24.3 Å². The van der Waals surface area contributed by atoms with Crippen molar-refractivity contribution < 1.29 is 23.9 Å². The number of fused-ring (bicyclic) bond motifs is 1. The molecule has 0 spiro atoms. The van der Waals surface area contributed by atoms with Crippen LogP contribution in [0.2, 0.25) is 0 Å². The Hall–Kier alpha value is -2.67. The molecule has 0 atom stereocenters. The van der Waals surface area contributed by atoms with E-state index in [2.05, 4.69) is 0 Å². The van der Waals surface area contributed by atoms with E-state index in [-0.39, 0.29) is 5.56 Å². The van der Waals surface area contributed by atoms with E-state index in [1.165, 1.54) is 40.8 Å². The van der Waals surface area contributed by atoms with Crippen molar-refractivity contribution in [2.75, 3.05) is 25.7 Å². The number of benzene rings is 1. The number of nitrogens with zero attached hydrogens (tertiary/aromatic N) is 1. The lowest BCUT2D eigenvalue weighted by molar-refractivity contribution is -0.121. The lowest BCUT2D eigenvalue weighted by atomic mass is 10.1. The number of ether oxygens (including phenoxy) is 2. The van der Waals surface area contributed by atoms with Crippen molar-refractivity contribution >= 4 is 34.9 Å². The summed E-state index contributed by atoms with van der Waals surface area (Å²) in [7, 11) is 2.80. The zero-order valence-corrected chi connectivity index (χ0v) is 15.4. The second-order valence-corrected chi connectivity index (χ2v) is 7.09. The van der Waals surface area contributed by atoms with Crippen molar-refractivity contribution in [2.24, 2.45) is 0 Å². The van der Waals surface area contributed by atoms with Crippen LogP contribution in [0.25, 0.3) is 0 Å². The number of hydrogen-bond donors (Lipinski definition) is 0. The van der Waals surface area contributed by atoms with Gasteiger partial charge in [0, 0.05) is 11.9 Å². The highest BCUT2D eigenvalue weighted by atomic mass is 32.1. The number of hydrogen-bond acceptors (Lipinski definition) is 6. The highest BCUT2D eigenvalue weighted by molar-refractivity contribution is 7.14. The summed E-state index contributed by atoms with van der Waals surface area (Å²) in [5.74, 6) is -1.46. The fourth-order valence-electron chi connectivity index (χ4n) is 2.91. The highest BCUT2D eigenvalue weighted by Crippen LogP contribution is 2.31. The minimum Gasteiger partial charge on any atom is -0.465 e. The van der Waals surface area contributed by atoms with Crippen molar-refractivity contribution in [3.8, 4) is 0 Å².